The van der Waals surface area contributed by atoms with E-state index in [0.717, 1.165) is 12.1 Å². The van der Waals surface area contributed by atoms with Crippen molar-refractivity contribution in [1.82, 2.24) is 4.98 Å². The van der Waals surface area contributed by atoms with Crippen molar-refractivity contribution < 1.29 is 14.3 Å². The Morgan fingerprint density at radius 3 is 2.90 bits per heavy atom. The lowest BCUT2D eigenvalue weighted by atomic mass is 10.3. The molecule has 0 atom stereocenters. The first-order valence-corrected chi connectivity index (χ1v) is 2.47. The van der Waals surface area contributed by atoms with Gasteiger partial charge in [-0.1, -0.05) is 0 Å². The number of carbonyl (C=O) groups is 1. The van der Waals surface area contributed by atoms with E-state index in [2.05, 4.69) is 11.2 Å². The predicted molar refractivity (Wildman–Crippen MR) is 30.0 cm³/mol. The van der Waals surface area contributed by atoms with Gasteiger partial charge in [-0.3, -0.25) is 0 Å². The van der Waals surface area contributed by atoms with Crippen molar-refractivity contribution in [2.24, 2.45) is 0 Å². The summed E-state index contributed by atoms with van der Waals surface area (Å²) in [6.45, 7) is 0. The molecule has 1 aromatic heterocycles. The Balaban J connectivity index is 3.07. The number of hydrogen-bond acceptors (Lipinski definition) is 2. The van der Waals surface area contributed by atoms with Crippen molar-refractivity contribution in [2.45, 2.75) is 0 Å². The zero-order valence-corrected chi connectivity index (χ0v) is 4.84. The first-order chi connectivity index (χ1) is 4.70. The van der Waals surface area contributed by atoms with Crippen molar-refractivity contribution in [3.05, 3.63) is 29.8 Å². The van der Waals surface area contributed by atoms with E-state index in [1.54, 1.807) is 0 Å². The number of pyridine rings is 1. The second-order valence-electron chi connectivity index (χ2n) is 1.60. The molecule has 1 aromatic rings. The summed E-state index contributed by atoms with van der Waals surface area (Å²) in [5.41, 5.74) is -0.333. The van der Waals surface area contributed by atoms with Crippen molar-refractivity contribution in [1.29, 1.82) is 0 Å². The standard InChI is InChI=1S/C6H3FNO2/c7-4-1-2-8-5(3-4)6(9)10/h1,3H,(H,9,10). The number of halogens is 1. The summed E-state index contributed by atoms with van der Waals surface area (Å²) in [7, 11) is 0. The molecule has 4 heteroatoms. The summed E-state index contributed by atoms with van der Waals surface area (Å²) >= 11 is 0. The number of aromatic nitrogens is 1. The van der Waals surface area contributed by atoms with Crippen LogP contribution >= 0.6 is 0 Å². The molecule has 0 fully saturated rings. The lowest BCUT2D eigenvalue weighted by Gasteiger charge is -1.89. The number of rotatable bonds is 1. The molecule has 0 unspecified atom stereocenters. The third-order valence-electron chi connectivity index (χ3n) is 0.881. The zero-order chi connectivity index (χ0) is 7.56. The fourth-order valence-electron chi connectivity index (χ4n) is 0.478. The molecule has 10 heavy (non-hydrogen) atoms. The summed E-state index contributed by atoms with van der Waals surface area (Å²) in [6, 6.07) is 1.80. The molecule has 0 saturated heterocycles. The normalized spacial score (nSPS) is 9.30. The third kappa shape index (κ3) is 1.28. The molecule has 0 saturated carbocycles. The number of aromatic carboxylic acids is 1. The van der Waals surface area contributed by atoms with Gasteiger partial charge < -0.3 is 5.11 Å². The van der Waals surface area contributed by atoms with E-state index in [1.807, 2.05) is 0 Å². The Labute approximate surface area is 56.1 Å². The minimum atomic E-state index is -1.25. The van der Waals surface area contributed by atoms with Gasteiger partial charge in [0.15, 0.2) is 5.69 Å². The quantitative estimate of drug-likeness (QED) is 0.625. The first-order valence-electron chi connectivity index (χ1n) is 2.47. The molecule has 1 heterocycles. The molecule has 1 radical (unpaired) electrons. The highest BCUT2D eigenvalue weighted by Crippen LogP contribution is 1.97. The molecule has 0 spiro atoms. The Morgan fingerprint density at radius 1 is 1.80 bits per heavy atom. The number of nitrogens with zero attached hydrogens (tertiary/aromatic N) is 1. The Kier molecular flexibility index (Phi) is 1.62. The summed E-state index contributed by atoms with van der Waals surface area (Å²) in [5.74, 6) is -1.90. The highest BCUT2D eigenvalue weighted by molar-refractivity contribution is 5.85. The van der Waals surface area contributed by atoms with Gasteiger partial charge in [-0.2, -0.15) is 0 Å². The molecule has 1 rings (SSSR count). The van der Waals surface area contributed by atoms with E-state index < -0.39 is 11.8 Å². The fraction of sp³-hybridized carbons (Fsp3) is 0. The Hall–Kier alpha value is -1.45. The number of carboxylic acid groups (broad SMARTS) is 1. The topological polar surface area (TPSA) is 50.2 Å². The van der Waals surface area contributed by atoms with Crippen molar-refractivity contribution in [3.8, 4) is 0 Å². The van der Waals surface area contributed by atoms with Crippen LogP contribution < -0.4 is 0 Å². The molecule has 1 N–H and O–H groups in total. The van der Waals surface area contributed by atoms with E-state index in [4.69, 9.17) is 5.11 Å². The van der Waals surface area contributed by atoms with E-state index >= 15 is 0 Å². The average Bonchev–Trinajstić information content (AvgIpc) is 1.88. The van der Waals surface area contributed by atoms with E-state index in [9.17, 15) is 9.18 Å². The third-order valence-corrected chi connectivity index (χ3v) is 0.881. The van der Waals surface area contributed by atoms with Gasteiger partial charge in [0.25, 0.3) is 0 Å². The van der Waals surface area contributed by atoms with Gasteiger partial charge in [-0.05, 0) is 0 Å². The van der Waals surface area contributed by atoms with Crippen LogP contribution in [0.5, 0.6) is 0 Å². The second-order valence-corrected chi connectivity index (χ2v) is 1.60. The van der Waals surface area contributed by atoms with Gasteiger partial charge in [0.05, 0.1) is 6.20 Å². The lowest BCUT2D eigenvalue weighted by molar-refractivity contribution is 0.0690. The van der Waals surface area contributed by atoms with Crippen molar-refractivity contribution in [3.63, 3.8) is 0 Å². The second kappa shape index (κ2) is 2.43. The predicted octanol–water partition coefficient (Wildman–Crippen LogP) is 0.719. The van der Waals surface area contributed by atoms with Crippen LogP contribution in [0.3, 0.4) is 0 Å². The van der Waals surface area contributed by atoms with Crippen LogP contribution in [0.25, 0.3) is 0 Å². The molecule has 0 aliphatic heterocycles. The molecule has 0 bridgehead atoms. The van der Waals surface area contributed by atoms with E-state index in [0.29, 0.717) is 0 Å². The van der Waals surface area contributed by atoms with Crippen molar-refractivity contribution >= 4 is 5.97 Å². The molecule has 0 aliphatic carbocycles. The van der Waals surface area contributed by atoms with Gasteiger partial charge in [0.2, 0.25) is 0 Å². The molecule has 3 nitrogen and oxygen atoms in total. The van der Waals surface area contributed by atoms with Crippen LogP contribution in [0.4, 0.5) is 4.39 Å². The summed E-state index contributed by atoms with van der Waals surface area (Å²) in [5, 5.41) is 8.26. The minimum Gasteiger partial charge on any atom is -0.477 e. The Morgan fingerprint density at radius 2 is 2.50 bits per heavy atom. The summed E-state index contributed by atoms with van der Waals surface area (Å²) < 4.78 is 12.2. The smallest absolute Gasteiger partial charge is 0.354 e. The Bertz CT molecular complexity index is 262. The van der Waals surface area contributed by atoms with Crippen LogP contribution in [0.2, 0.25) is 0 Å². The van der Waals surface area contributed by atoms with Crippen LogP contribution in [-0.2, 0) is 0 Å². The van der Waals surface area contributed by atoms with E-state index in [-0.39, 0.29) is 5.69 Å². The monoisotopic (exact) mass is 140 g/mol. The number of hydrogen-bond donors (Lipinski definition) is 1. The molecular formula is C6H3FNO2. The van der Waals surface area contributed by atoms with Gasteiger partial charge in [-0.15, -0.1) is 0 Å². The van der Waals surface area contributed by atoms with Crippen LogP contribution in [0, 0.1) is 12.0 Å². The van der Waals surface area contributed by atoms with Gasteiger partial charge in [0.1, 0.15) is 5.82 Å². The minimum absolute atomic E-state index is 0.333. The molecule has 51 valence electrons. The van der Waals surface area contributed by atoms with Crippen LogP contribution in [-0.4, -0.2) is 16.1 Å². The molecule has 0 aromatic carbocycles. The first kappa shape index (κ1) is 6.67. The van der Waals surface area contributed by atoms with Crippen molar-refractivity contribution in [2.75, 3.05) is 0 Å². The fourth-order valence-corrected chi connectivity index (χ4v) is 0.478. The average molecular weight is 140 g/mol. The highest BCUT2D eigenvalue weighted by atomic mass is 19.1. The highest BCUT2D eigenvalue weighted by Gasteiger charge is 2.03. The van der Waals surface area contributed by atoms with Gasteiger partial charge >= 0.3 is 5.97 Å². The lowest BCUT2D eigenvalue weighted by Crippen LogP contribution is -1.99. The molecular weight excluding hydrogens is 137 g/mol. The van der Waals surface area contributed by atoms with Gasteiger partial charge in [0, 0.05) is 12.1 Å². The zero-order valence-electron chi connectivity index (χ0n) is 4.84. The maximum Gasteiger partial charge on any atom is 0.354 e. The number of carboxylic acids is 1. The maximum atomic E-state index is 12.2. The van der Waals surface area contributed by atoms with Crippen LogP contribution in [0.1, 0.15) is 10.5 Å². The van der Waals surface area contributed by atoms with Gasteiger partial charge in [-0.25, -0.2) is 14.2 Å². The van der Waals surface area contributed by atoms with E-state index in [1.165, 1.54) is 0 Å². The molecule has 0 aliphatic rings. The largest absolute Gasteiger partial charge is 0.477 e. The SMILES string of the molecule is O=C(O)c1cc(F)c[c]n1. The maximum absolute atomic E-state index is 12.2. The molecule has 0 amide bonds. The van der Waals surface area contributed by atoms with Crippen LogP contribution in [0.15, 0.2) is 12.1 Å². The summed E-state index contributed by atoms with van der Waals surface area (Å²) in [4.78, 5) is 13.4. The summed E-state index contributed by atoms with van der Waals surface area (Å²) in [6.07, 6.45) is 2.10.